The zero-order chi connectivity index (χ0) is 26.0. The first kappa shape index (κ1) is 25.1. The zero-order valence-corrected chi connectivity index (χ0v) is 20.7. The van der Waals surface area contributed by atoms with Crippen molar-refractivity contribution >= 4 is 17.3 Å². The van der Waals surface area contributed by atoms with Crippen molar-refractivity contribution in [2.75, 3.05) is 43.5 Å². The van der Waals surface area contributed by atoms with Crippen LogP contribution < -0.4 is 15.0 Å². The quantitative estimate of drug-likeness (QED) is 0.493. The number of methoxy groups -OCH3 is 1. The summed E-state index contributed by atoms with van der Waals surface area (Å²) in [7, 11) is 1.57. The van der Waals surface area contributed by atoms with Gasteiger partial charge in [0.15, 0.2) is 0 Å². The minimum atomic E-state index is -4.43. The highest BCUT2D eigenvalue weighted by Crippen LogP contribution is 2.40. The fourth-order valence-corrected chi connectivity index (χ4v) is 5.40. The molecule has 0 spiro atoms. The van der Waals surface area contributed by atoms with Crippen LogP contribution in [0.5, 0.6) is 5.75 Å². The second-order valence-corrected chi connectivity index (χ2v) is 9.67. The molecule has 0 radical (unpaired) electrons. The number of amides is 1. The number of ether oxygens (including phenoxy) is 1. The number of fused-ring (bicyclic) bond motifs is 3. The van der Waals surface area contributed by atoms with Crippen LogP contribution in [0.2, 0.25) is 0 Å². The number of carbonyl (C=O) groups is 1. The van der Waals surface area contributed by atoms with Crippen LogP contribution in [0.4, 0.5) is 24.5 Å². The minimum absolute atomic E-state index is 0.132. The molecule has 2 heterocycles. The molecule has 0 unspecified atom stereocenters. The summed E-state index contributed by atoms with van der Waals surface area (Å²) in [5.41, 5.74) is 2.57. The Morgan fingerprint density at radius 2 is 1.78 bits per heavy atom. The molecule has 1 N–H and O–H groups in total. The van der Waals surface area contributed by atoms with E-state index in [1.54, 1.807) is 37.4 Å². The molecule has 194 valence electrons. The molecule has 0 bridgehead atoms. The Morgan fingerprint density at radius 3 is 2.49 bits per heavy atom. The number of hydrogen-bond donors (Lipinski definition) is 1. The maximum absolute atomic E-state index is 13.5. The number of halogens is 3. The van der Waals surface area contributed by atoms with Gasteiger partial charge in [0.1, 0.15) is 5.75 Å². The summed E-state index contributed by atoms with van der Waals surface area (Å²) in [6.45, 7) is 2.98. The summed E-state index contributed by atoms with van der Waals surface area (Å²) in [6.07, 6.45) is -3.26. The van der Waals surface area contributed by atoms with Gasteiger partial charge < -0.3 is 15.0 Å². The Kier molecular flexibility index (Phi) is 7.11. The first-order chi connectivity index (χ1) is 17.8. The van der Waals surface area contributed by atoms with E-state index in [9.17, 15) is 18.0 Å². The third-order valence-electron chi connectivity index (χ3n) is 7.38. The summed E-state index contributed by atoms with van der Waals surface area (Å²) in [5, 5.41) is 2.98. The Labute approximate surface area is 214 Å². The van der Waals surface area contributed by atoms with Gasteiger partial charge in [-0.05, 0) is 66.4 Å². The fourth-order valence-electron chi connectivity index (χ4n) is 5.40. The van der Waals surface area contributed by atoms with Crippen molar-refractivity contribution in [3.8, 4) is 5.75 Å². The second-order valence-electron chi connectivity index (χ2n) is 9.67. The van der Waals surface area contributed by atoms with Gasteiger partial charge in [-0.2, -0.15) is 13.2 Å². The lowest BCUT2D eigenvalue weighted by Crippen LogP contribution is -2.60. The van der Waals surface area contributed by atoms with Crippen LogP contribution in [0.1, 0.15) is 16.7 Å². The number of benzene rings is 3. The average molecular weight is 510 g/mol. The van der Waals surface area contributed by atoms with Crippen LogP contribution in [0.25, 0.3) is 0 Å². The van der Waals surface area contributed by atoms with Crippen LogP contribution in [-0.4, -0.2) is 50.1 Å². The largest absolute Gasteiger partial charge is 0.497 e. The van der Waals surface area contributed by atoms with Crippen LogP contribution in [0, 0.1) is 5.92 Å². The lowest BCUT2D eigenvalue weighted by atomic mass is 9.82. The molecule has 0 saturated carbocycles. The van der Waals surface area contributed by atoms with Crippen molar-refractivity contribution < 1.29 is 22.7 Å². The van der Waals surface area contributed by atoms with Crippen molar-refractivity contribution in [3.63, 3.8) is 0 Å². The number of nitrogens with zero attached hydrogens (tertiary/aromatic N) is 2. The molecule has 8 heteroatoms. The van der Waals surface area contributed by atoms with E-state index in [0.717, 1.165) is 31.3 Å². The van der Waals surface area contributed by atoms with Crippen molar-refractivity contribution in [2.45, 2.75) is 25.1 Å². The van der Waals surface area contributed by atoms with Crippen molar-refractivity contribution in [1.29, 1.82) is 0 Å². The first-order valence-corrected chi connectivity index (χ1v) is 12.5. The standard InChI is InChI=1S/C29H30F3N3O2/c1-37-24-10-8-23(9-11-24)33-28(36)25-18-21-17-22(29(30,31)32)7-12-26(21)35-16-15-34(19-27(25)35)14-13-20-5-3-2-4-6-20/h2-12,17,25,27H,13-16,18-19H2,1H3,(H,33,36)/t25-,27+/m1/s1. The van der Waals surface area contributed by atoms with E-state index < -0.39 is 17.7 Å². The number of anilines is 2. The Bertz CT molecular complexity index is 1230. The number of alkyl halides is 3. The molecular formula is C29H30F3N3O2. The highest BCUT2D eigenvalue weighted by molar-refractivity contribution is 5.94. The molecule has 37 heavy (non-hydrogen) atoms. The molecule has 2 aliphatic rings. The lowest BCUT2D eigenvalue weighted by molar-refractivity contribution is -0.137. The monoisotopic (exact) mass is 509 g/mol. The zero-order valence-electron chi connectivity index (χ0n) is 20.7. The Morgan fingerprint density at radius 1 is 1.03 bits per heavy atom. The molecule has 5 nitrogen and oxygen atoms in total. The Balaban J connectivity index is 1.39. The van der Waals surface area contributed by atoms with Crippen molar-refractivity contribution in [3.05, 3.63) is 89.5 Å². The van der Waals surface area contributed by atoms with Crippen molar-refractivity contribution in [1.82, 2.24) is 4.90 Å². The van der Waals surface area contributed by atoms with E-state index >= 15 is 0 Å². The van der Waals surface area contributed by atoms with E-state index in [-0.39, 0.29) is 18.4 Å². The number of piperazine rings is 1. The van der Waals surface area contributed by atoms with Gasteiger partial charge in [0.25, 0.3) is 0 Å². The normalized spacial score (nSPS) is 19.6. The summed E-state index contributed by atoms with van der Waals surface area (Å²) < 4.78 is 45.6. The molecule has 0 aromatic heterocycles. The average Bonchev–Trinajstić information content (AvgIpc) is 2.91. The number of hydrogen-bond acceptors (Lipinski definition) is 4. The first-order valence-electron chi connectivity index (χ1n) is 12.5. The SMILES string of the molecule is COc1ccc(NC(=O)[C@@H]2Cc3cc(C(F)(F)F)ccc3N3CCN(CCc4ccccc4)C[C@@H]23)cc1. The molecular weight excluding hydrogens is 479 g/mol. The maximum atomic E-state index is 13.5. The highest BCUT2D eigenvalue weighted by Gasteiger charge is 2.42. The van der Waals surface area contributed by atoms with Crippen LogP contribution in [0.15, 0.2) is 72.8 Å². The van der Waals surface area contributed by atoms with Crippen LogP contribution >= 0.6 is 0 Å². The predicted octanol–water partition coefficient (Wildman–Crippen LogP) is 5.26. The molecule has 3 aromatic carbocycles. The van der Waals surface area contributed by atoms with E-state index in [1.165, 1.54) is 11.6 Å². The van der Waals surface area contributed by atoms with Crippen molar-refractivity contribution in [2.24, 2.45) is 5.92 Å². The van der Waals surface area contributed by atoms with E-state index in [2.05, 4.69) is 27.2 Å². The molecule has 2 atom stereocenters. The second kappa shape index (κ2) is 10.5. The van der Waals surface area contributed by atoms with Gasteiger partial charge in [-0.15, -0.1) is 0 Å². The Hall–Kier alpha value is -3.52. The minimum Gasteiger partial charge on any atom is -0.497 e. The van der Waals surface area contributed by atoms with Gasteiger partial charge in [-0.3, -0.25) is 9.69 Å². The van der Waals surface area contributed by atoms with Crippen LogP contribution in [-0.2, 0) is 23.8 Å². The fraction of sp³-hybridized carbons (Fsp3) is 0.345. The van der Waals surface area contributed by atoms with Gasteiger partial charge in [-0.1, -0.05) is 30.3 Å². The number of rotatable bonds is 6. The number of nitrogens with one attached hydrogen (secondary N) is 1. The molecule has 3 aromatic rings. The van der Waals surface area contributed by atoms with Crippen LogP contribution in [0.3, 0.4) is 0 Å². The molecule has 0 aliphatic carbocycles. The van der Waals surface area contributed by atoms with Gasteiger partial charge in [0, 0.05) is 37.6 Å². The summed E-state index contributed by atoms with van der Waals surface area (Å²) >= 11 is 0. The third kappa shape index (κ3) is 5.59. The van der Waals surface area contributed by atoms with Gasteiger partial charge >= 0.3 is 6.18 Å². The van der Waals surface area contributed by atoms with Gasteiger partial charge in [0.2, 0.25) is 5.91 Å². The summed E-state index contributed by atoms with van der Waals surface area (Å²) in [4.78, 5) is 18.0. The van der Waals surface area contributed by atoms with Gasteiger partial charge in [-0.25, -0.2) is 0 Å². The summed E-state index contributed by atoms with van der Waals surface area (Å²) in [5.74, 6) is 0.00235. The maximum Gasteiger partial charge on any atom is 0.416 e. The number of carbonyl (C=O) groups excluding carboxylic acids is 1. The van der Waals surface area contributed by atoms with E-state index in [4.69, 9.17) is 4.74 Å². The highest BCUT2D eigenvalue weighted by atomic mass is 19.4. The van der Waals surface area contributed by atoms with E-state index in [0.29, 0.717) is 30.1 Å². The lowest BCUT2D eigenvalue weighted by Gasteiger charge is -2.49. The summed E-state index contributed by atoms with van der Waals surface area (Å²) in [6, 6.07) is 21.1. The van der Waals surface area contributed by atoms with Gasteiger partial charge in [0.05, 0.1) is 24.6 Å². The topological polar surface area (TPSA) is 44.8 Å². The molecule has 1 amide bonds. The van der Waals surface area contributed by atoms with E-state index in [1.807, 2.05) is 18.2 Å². The predicted molar refractivity (Wildman–Crippen MR) is 138 cm³/mol. The molecule has 1 fully saturated rings. The third-order valence-corrected chi connectivity index (χ3v) is 7.38. The molecule has 5 rings (SSSR count). The molecule has 1 saturated heterocycles. The smallest absolute Gasteiger partial charge is 0.416 e. The molecule has 2 aliphatic heterocycles.